The molecule has 5 nitrogen and oxygen atoms in total. The van der Waals surface area contributed by atoms with Crippen molar-refractivity contribution in [1.82, 2.24) is 0 Å². The van der Waals surface area contributed by atoms with Crippen molar-refractivity contribution in [3.63, 3.8) is 0 Å². The Bertz CT molecular complexity index is 565. The highest BCUT2D eigenvalue weighted by molar-refractivity contribution is 6.46. The summed E-state index contributed by atoms with van der Waals surface area (Å²) in [5.41, 5.74) is 0.701. The molecule has 0 N–H and O–H groups in total. The lowest BCUT2D eigenvalue weighted by Crippen LogP contribution is -2.20. The molecule has 1 aliphatic heterocycles. The molecule has 0 amide bonds. The Balaban J connectivity index is 2.57. The van der Waals surface area contributed by atoms with Gasteiger partial charge in [0.05, 0.1) is 17.2 Å². The van der Waals surface area contributed by atoms with E-state index in [0.29, 0.717) is 17.1 Å². The lowest BCUT2D eigenvalue weighted by atomic mass is 9.93. The second-order valence-corrected chi connectivity index (χ2v) is 4.99. The van der Waals surface area contributed by atoms with Gasteiger partial charge in [0.25, 0.3) is 5.78 Å². The summed E-state index contributed by atoms with van der Waals surface area (Å²) in [5, 5.41) is 0.163. The number of hydrogen-bond acceptors (Lipinski definition) is 5. The second-order valence-electron chi connectivity index (χ2n) is 4.59. The Kier molecular flexibility index (Phi) is 4.18. The number of Topliss-reactive ketones (excluding diaryl/α,β-unsaturated/α-hetero) is 1. The van der Waals surface area contributed by atoms with Crippen LogP contribution in [0.2, 0.25) is 5.02 Å². The van der Waals surface area contributed by atoms with Gasteiger partial charge in [0.1, 0.15) is 0 Å². The van der Waals surface area contributed by atoms with Crippen LogP contribution in [0.1, 0.15) is 42.6 Å². The van der Waals surface area contributed by atoms with Gasteiger partial charge in [-0.2, -0.15) is 0 Å². The van der Waals surface area contributed by atoms with Gasteiger partial charge in [-0.15, -0.1) is 0 Å². The molecule has 0 bridgehead atoms. The van der Waals surface area contributed by atoms with Crippen molar-refractivity contribution in [2.45, 2.75) is 26.7 Å². The average molecular weight is 299 g/mol. The summed E-state index contributed by atoms with van der Waals surface area (Å²) in [6.45, 7) is 5.60. The first-order valence-corrected chi connectivity index (χ1v) is 6.68. The van der Waals surface area contributed by atoms with E-state index in [2.05, 4.69) is 0 Å². The van der Waals surface area contributed by atoms with Crippen molar-refractivity contribution in [3.8, 4) is 11.5 Å². The molecule has 6 heteroatoms. The van der Waals surface area contributed by atoms with E-state index in [1.807, 2.05) is 13.8 Å². The van der Waals surface area contributed by atoms with Crippen molar-refractivity contribution in [2.75, 3.05) is 13.4 Å². The van der Waals surface area contributed by atoms with Gasteiger partial charge in [-0.1, -0.05) is 25.4 Å². The molecule has 0 aliphatic carbocycles. The standard InChI is InChI=1S/C14H15ClO5/c1-4-18-14(17)12(16)11-8(15)5-9-13(20-6-19-9)10(11)7(2)3/h5,7H,4,6H2,1-3H3. The van der Waals surface area contributed by atoms with Gasteiger partial charge in [-0.05, 0) is 12.8 Å². The summed E-state index contributed by atoms with van der Waals surface area (Å²) in [5.74, 6) is -0.789. The second kappa shape index (κ2) is 5.71. The largest absolute Gasteiger partial charge is 0.460 e. The molecule has 0 fully saturated rings. The number of hydrogen-bond donors (Lipinski definition) is 0. The van der Waals surface area contributed by atoms with Crippen molar-refractivity contribution in [2.24, 2.45) is 0 Å². The highest BCUT2D eigenvalue weighted by atomic mass is 35.5. The molecule has 1 aliphatic rings. The molecule has 20 heavy (non-hydrogen) atoms. The first kappa shape index (κ1) is 14.7. The van der Waals surface area contributed by atoms with Crippen LogP contribution >= 0.6 is 11.6 Å². The highest BCUT2D eigenvalue weighted by Crippen LogP contribution is 2.44. The Morgan fingerprint density at radius 3 is 2.70 bits per heavy atom. The fourth-order valence-electron chi connectivity index (χ4n) is 2.12. The number of carbonyl (C=O) groups is 2. The Labute approximate surface area is 121 Å². The molecular weight excluding hydrogens is 284 g/mol. The molecule has 0 radical (unpaired) electrons. The lowest BCUT2D eigenvalue weighted by molar-refractivity contribution is -0.137. The van der Waals surface area contributed by atoms with E-state index < -0.39 is 11.8 Å². The molecule has 0 saturated heterocycles. The van der Waals surface area contributed by atoms with Crippen LogP contribution in [0.15, 0.2) is 6.07 Å². The van der Waals surface area contributed by atoms with Crippen molar-refractivity contribution >= 4 is 23.4 Å². The maximum absolute atomic E-state index is 12.2. The predicted molar refractivity (Wildman–Crippen MR) is 72.6 cm³/mol. The number of carbonyl (C=O) groups excluding carboxylic acids is 2. The van der Waals surface area contributed by atoms with Gasteiger partial charge in [0.2, 0.25) is 6.79 Å². The summed E-state index contributed by atoms with van der Waals surface area (Å²) < 4.78 is 15.4. The molecule has 1 aromatic rings. The molecule has 1 heterocycles. The van der Waals surface area contributed by atoms with Gasteiger partial charge < -0.3 is 14.2 Å². The van der Waals surface area contributed by atoms with Gasteiger partial charge in [-0.3, -0.25) is 4.79 Å². The van der Waals surface area contributed by atoms with Crippen LogP contribution in [0, 0.1) is 0 Å². The summed E-state index contributed by atoms with van der Waals surface area (Å²) in [6.07, 6.45) is 0. The summed E-state index contributed by atoms with van der Waals surface area (Å²) >= 11 is 6.13. The molecule has 0 spiro atoms. The van der Waals surface area contributed by atoms with Crippen LogP contribution in [0.3, 0.4) is 0 Å². The van der Waals surface area contributed by atoms with Crippen molar-refractivity contribution < 1.29 is 23.8 Å². The summed E-state index contributed by atoms with van der Waals surface area (Å²) in [7, 11) is 0. The fourth-order valence-corrected chi connectivity index (χ4v) is 2.40. The molecular formula is C14H15ClO5. The van der Waals surface area contributed by atoms with E-state index in [-0.39, 0.29) is 29.9 Å². The maximum atomic E-state index is 12.2. The van der Waals surface area contributed by atoms with E-state index >= 15 is 0 Å². The lowest BCUT2D eigenvalue weighted by Gasteiger charge is -2.15. The minimum Gasteiger partial charge on any atom is -0.460 e. The molecule has 0 aromatic heterocycles. The third-order valence-corrected chi connectivity index (χ3v) is 3.22. The monoisotopic (exact) mass is 298 g/mol. The van der Waals surface area contributed by atoms with Crippen LogP contribution in [0.4, 0.5) is 0 Å². The third kappa shape index (κ3) is 2.45. The average Bonchev–Trinajstić information content (AvgIpc) is 2.83. The van der Waals surface area contributed by atoms with Crippen LogP contribution in [0.25, 0.3) is 0 Å². The molecule has 1 aromatic carbocycles. The van der Waals surface area contributed by atoms with Gasteiger partial charge in [0.15, 0.2) is 11.5 Å². The minimum atomic E-state index is -0.921. The number of ether oxygens (including phenoxy) is 3. The van der Waals surface area contributed by atoms with E-state index in [0.717, 1.165) is 0 Å². The smallest absolute Gasteiger partial charge is 0.379 e. The fraction of sp³-hybridized carbons (Fsp3) is 0.429. The topological polar surface area (TPSA) is 61.8 Å². The van der Waals surface area contributed by atoms with E-state index in [4.69, 9.17) is 25.8 Å². The molecule has 2 rings (SSSR count). The van der Waals surface area contributed by atoms with E-state index in [9.17, 15) is 9.59 Å². The van der Waals surface area contributed by atoms with Crippen LogP contribution in [-0.2, 0) is 9.53 Å². The predicted octanol–water partition coefficient (Wildman–Crippen LogP) is 2.94. The summed E-state index contributed by atoms with van der Waals surface area (Å²) in [4.78, 5) is 23.9. The van der Waals surface area contributed by atoms with Gasteiger partial charge in [-0.25, -0.2) is 4.79 Å². The first-order chi connectivity index (χ1) is 9.47. The third-order valence-electron chi connectivity index (χ3n) is 2.92. The van der Waals surface area contributed by atoms with Crippen molar-refractivity contribution in [3.05, 3.63) is 22.2 Å². The van der Waals surface area contributed by atoms with Crippen molar-refractivity contribution in [1.29, 1.82) is 0 Å². The summed E-state index contributed by atoms with van der Waals surface area (Å²) in [6, 6.07) is 1.49. The Morgan fingerprint density at radius 2 is 2.10 bits per heavy atom. The number of ketones is 1. The molecule has 0 atom stereocenters. The zero-order valence-electron chi connectivity index (χ0n) is 11.5. The first-order valence-electron chi connectivity index (χ1n) is 6.30. The normalized spacial score (nSPS) is 12.7. The number of rotatable bonds is 4. The quantitative estimate of drug-likeness (QED) is 0.486. The van der Waals surface area contributed by atoms with E-state index in [1.165, 1.54) is 6.07 Å². The number of esters is 1. The molecule has 0 saturated carbocycles. The number of benzene rings is 1. The SMILES string of the molecule is CCOC(=O)C(=O)c1c(Cl)cc2c(c1C(C)C)OCO2. The maximum Gasteiger partial charge on any atom is 0.379 e. The van der Waals surface area contributed by atoms with E-state index in [1.54, 1.807) is 6.92 Å². The Morgan fingerprint density at radius 1 is 1.40 bits per heavy atom. The number of fused-ring (bicyclic) bond motifs is 1. The zero-order chi connectivity index (χ0) is 14.9. The van der Waals surface area contributed by atoms with Crippen LogP contribution in [-0.4, -0.2) is 25.2 Å². The van der Waals surface area contributed by atoms with Crippen LogP contribution < -0.4 is 9.47 Å². The molecule has 0 unspecified atom stereocenters. The molecule has 108 valence electrons. The van der Waals surface area contributed by atoms with Crippen LogP contribution in [0.5, 0.6) is 11.5 Å². The van der Waals surface area contributed by atoms with Gasteiger partial charge >= 0.3 is 5.97 Å². The van der Waals surface area contributed by atoms with Gasteiger partial charge in [0, 0.05) is 11.6 Å². The zero-order valence-corrected chi connectivity index (χ0v) is 12.2. The minimum absolute atomic E-state index is 0.0578. The number of halogens is 1. The highest BCUT2D eigenvalue weighted by Gasteiger charge is 2.31. The Hall–Kier alpha value is -1.75.